The van der Waals surface area contributed by atoms with Crippen LogP contribution in [0, 0.1) is 0 Å². The molecule has 11 aromatic rings. The minimum absolute atomic E-state index is 1.08. The van der Waals surface area contributed by atoms with E-state index in [9.17, 15) is 0 Å². The number of hydrogen-bond acceptors (Lipinski definition) is 2. The van der Waals surface area contributed by atoms with Gasteiger partial charge in [-0.3, -0.25) is 0 Å². The molecule has 2 heterocycles. The molecular formula is C54H36N2S. The molecule has 1 N–H and O–H groups in total. The van der Waals surface area contributed by atoms with E-state index in [4.69, 9.17) is 0 Å². The highest BCUT2D eigenvalue weighted by Crippen LogP contribution is 2.43. The van der Waals surface area contributed by atoms with Crippen LogP contribution in [0.1, 0.15) is 0 Å². The molecule has 0 saturated heterocycles. The number of fused-ring (bicyclic) bond motifs is 6. The van der Waals surface area contributed by atoms with Gasteiger partial charge in [0.15, 0.2) is 0 Å². The van der Waals surface area contributed by atoms with E-state index in [1.54, 1.807) is 0 Å². The highest BCUT2D eigenvalue weighted by molar-refractivity contribution is 7.26. The Morgan fingerprint density at radius 1 is 0.333 bits per heavy atom. The molecule has 0 radical (unpaired) electrons. The van der Waals surface area contributed by atoms with Gasteiger partial charge in [-0.15, -0.1) is 11.3 Å². The lowest BCUT2D eigenvalue weighted by Crippen LogP contribution is -1.94. The van der Waals surface area contributed by atoms with Crippen LogP contribution in [-0.4, -0.2) is 4.57 Å². The van der Waals surface area contributed by atoms with E-state index in [2.05, 4.69) is 222 Å². The summed E-state index contributed by atoms with van der Waals surface area (Å²) >= 11 is 1.85. The molecule has 0 saturated carbocycles. The Bertz CT molecular complexity index is 3260. The fourth-order valence-electron chi connectivity index (χ4n) is 8.48. The van der Waals surface area contributed by atoms with Gasteiger partial charge in [-0.1, -0.05) is 146 Å². The lowest BCUT2D eigenvalue weighted by molar-refractivity contribution is 1.18. The van der Waals surface area contributed by atoms with Crippen LogP contribution in [0.4, 0.5) is 11.4 Å². The van der Waals surface area contributed by atoms with Crippen molar-refractivity contribution < 1.29 is 0 Å². The van der Waals surface area contributed by atoms with E-state index >= 15 is 0 Å². The van der Waals surface area contributed by atoms with Crippen molar-refractivity contribution in [3.63, 3.8) is 0 Å². The van der Waals surface area contributed by atoms with Gasteiger partial charge in [0.05, 0.1) is 11.0 Å². The first-order chi connectivity index (χ1) is 28.2. The van der Waals surface area contributed by atoms with Gasteiger partial charge in [0.25, 0.3) is 0 Å². The molecule has 0 spiro atoms. The van der Waals surface area contributed by atoms with Gasteiger partial charge in [-0.05, 0) is 106 Å². The number of rotatable bonds is 7. The molecule has 0 aliphatic carbocycles. The van der Waals surface area contributed by atoms with Crippen LogP contribution in [0.5, 0.6) is 0 Å². The van der Waals surface area contributed by atoms with Gasteiger partial charge < -0.3 is 9.88 Å². The fraction of sp³-hybridized carbons (Fsp3) is 0. The standard InChI is InChI=1S/C54H36N2S/c1-3-14-36(15-4-1)39-19-12-21-43(33-39)56-50-26-10-8-23-45(50)46-34-41(28-30-51(46)56)38-18-11-20-42(32-38)44-22-7-9-24-48(44)55-49-25-13-27-53-54(49)47-35-40(29-31-52(47)57-53)37-16-5-2-6-17-37/h1-35,55H. The summed E-state index contributed by atoms with van der Waals surface area (Å²) in [6.07, 6.45) is 0. The van der Waals surface area contributed by atoms with Crippen molar-refractivity contribution >= 4 is 64.7 Å². The van der Waals surface area contributed by atoms with E-state index in [1.807, 2.05) is 11.3 Å². The summed E-state index contributed by atoms with van der Waals surface area (Å²) in [4.78, 5) is 0. The Morgan fingerprint density at radius 3 is 1.75 bits per heavy atom. The van der Waals surface area contributed by atoms with Crippen LogP contribution in [0.25, 0.3) is 92.2 Å². The normalized spacial score (nSPS) is 11.5. The summed E-state index contributed by atoms with van der Waals surface area (Å²) in [5.41, 5.74) is 15.4. The zero-order valence-electron chi connectivity index (χ0n) is 31.1. The summed E-state index contributed by atoms with van der Waals surface area (Å²) in [5.74, 6) is 0. The van der Waals surface area contributed by atoms with Gasteiger partial charge in [-0.25, -0.2) is 0 Å². The quantitative estimate of drug-likeness (QED) is 0.172. The van der Waals surface area contributed by atoms with Gasteiger partial charge in [0, 0.05) is 53.6 Å². The Balaban J connectivity index is 0.975. The summed E-state index contributed by atoms with van der Waals surface area (Å²) in [7, 11) is 0. The van der Waals surface area contributed by atoms with Crippen molar-refractivity contribution in [2.24, 2.45) is 0 Å². The summed E-state index contributed by atoms with van der Waals surface area (Å²) in [6, 6.07) is 76.9. The molecule has 0 bridgehead atoms. The number of benzene rings is 9. The Hall–Kier alpha value is -7.20. The van der Waals surface area contributed by atoms with Crippen molar-refractivity contribution in [3.05, 3.63) is 212 Å². The second-order valence-corrected chi connectivity index (χ2v) is 15.7. The van der Waals surface area contributed by atoms with E-state index in [-0.39, 0.29) is 0 Å². The third-order valence-electron chi connectivity index (χ3n) is 11.2. The number of nitrogens with one attached hydrogen (secondary N) is 1. The summed E-state index contributed by atoms with van der Waals surface area (Å²) in [5, 5.41) is 8.92. The molecule has 268 valence electrons. The zero-order chi connectivity index (χ0) is 37.7. The first-order valence-electron chi connectivity index (χ1n) is 19.4. The summed E-state index contributed by atoms with van der Waals surface area (Å²) in [6.45, 7) is 0. The first-order valence-corrected chi connectivity index (χ1v) is 20.2. The lowest BCUT2D eigenvalue weighted by Gasteiger charge is -2.15. The molecule has 2 nitrogen and oxygen atoms in total. The third-order valence-corrected chi connectivity index (χ3v) is 12.3. The molecule has 11 rings (SSSR count). The molecule has 0 atom stereocenters. The number of thiophene rings is 1. The molecule has 9 aromatic carbocycles. The highest BCUT2D eigenvalue weighted by Gasteiger charge is 2.16. The van der Waals surface area contributed by atoms with E-state index in [0.717, 1.165) is 22.6 Å². The van der Waals surface area contributed by atoms with Gasteiger partial charge in [0.2, 0.25) is 0 Å². The second kappa shape index (κ2) is 13.8. The second-order valence-electron chi connectivity index (χ2n) is 14.6. The minimum Gasteiger partial charge on any atom is -0.354 e. The topological polar surface area (TPSA) is 17.0 Å². The van der Waals surface area contributed by atoms with Gasteiger partial charge >= 0.3 is 0 Å². The molecule has 2 aromatic heterocycles. The predicted molar refractivity (Wildman–Crippen MR) is 245 cm³/mol. The predicted octanol–water partition coefficient (Wildman–Crippen LogP) is 15.6. The number of nitrogens with zero attached hydrogens (tertiary/aromatic N) is 1. The van der Waals surface area contributed by atoms with Crippen molar-refractivity contribution in [1.82, 2.24) is 4.57 Å². The largest absolute Gasteiger partial charge is 0.354 e. The molecular weight excluding hydrogens is 709 g/mol. The van der Waals surface area contributed by atoms with Crippen molar-refractivity contribution in [2.45, 2.75) is 0 Å². The van der Waals surface area contributed by atoms with E-state index in [0.29, 0.717) is 0 Å². The molecule has 0 aliphatic heterocycles. The summed E-state index contributed by atoms with van der Waals surface area (Å²) < 4.78 is 4.97. The first kappa shape index (κ1) is 33.2. The molecule has 0 amide bonds. The number of aromatic nitrogens is 1. The van der Waals surface area contributed by atoms with Crippen LogP contribution in [-0.2, 0) is 0 Å². The smallest absolute Gasteiger partial charge is 0.0541 e. The zero-order valence-corrected chi connectivity index (χ0v) is 31.9. The maximum atomic E-state index is 3.89. The minimum atomic E-state index is 1.08. The SMILES string of the molecule is c1ccc(-c2cccc(-n3c4ccccc4c4cc(-c5cccc(-c6ccccc6Nc6cccc7sc8ccc(-c9ccccc9)cc8c67)c5)ccc43)c2)cc1. The average molecular weight is 745 g/mol. The Morgan fingerprint density at radius 2 is 0.912 bits per heavy atom. The number of anilines is 2. The lowest BCUT2D eigenvalue weighted by atomic mass is 9.97. The molecule has 0 fully saturated rings. The molecule has 57 heavy (non-hydrogen) atoms. The molecule has 0 aliphatic rings. The number of para-hydroxylation sites is 2. The third kappa shape index (κ3) is 5.88. The van der Waals surface area contributed by atoms with Crippen LogP contribution in [0.15, 0.2) is 212 Å². The fourth-order valence-corrected chi connectivity index (χ4v) is 9.59. The maximum absolute atomic E-state index is 3.89. The Kier molecular flexibility index (Phi) is 8.04. The Labute approximate surface area is 335 Å². The van der Waals surface area contributed by atoms with Crippen molar-refractivity contribution in [2.75, 3.05) is 5.32 Å². The highest BCUT2D eigenvalue weighted by atomic mass is 32.1. The monoisotopic (exact) mass is 744 g/mol. The molecule has 3 heteroatoms. The van der Waals surface area contributed by atoms with Gasteiger partial charge in [0.1, 0.15) is 0 Å². The van der Waals surface area contributed by atoms with Crippen LogP contribution in [0.3, 0.4) is 0 Å². The van der Waals surface area contributed by atoms with Crippen molar-refractivity contribution in [1.29, 1.82) is 0 Å². The van der Waals surface area contributed by atoms with Crippen LogP contribution in [0.2, 0.25) is 0 Å². The van der Waals surface area contributed by atoms with Gasteiger partial charge in [-0.2, -0.15) is 0 Å². The maximum Gasteiger partial charge on any atom is 0.0541 e. The van der Waals surface area contributed by atoms with Crippen LogP contribution >= 0.6 is 11.3 Å². The van der Waals surface area contributed by atoms with Crippen LogP contribution < -0.4 is 5.32 Å². The van der Waals surface area contributed by atoms with E-state index < -0.39 is 0 Å². The average Bonchev–Trinajstić information content (AvgIpc) is 3.83. The van der Waals surface area contributed by atoms with E-state index in [1.165, 1.54) is 80.9 Å². The van der Waals surface area contributed by atoms with Crippen molar-refractivity contribution in [3.8, 4) is 50.2 Å². The molecule has 0 unspecified atom stereocenters. The number of hydrogen-bond donors (Lipinski definition) is 1.